The predicted molar refractivity (Wildman–Crippen MR) is 178 cm³/mol. The van der Waals surface area contributed by atoms with Gasteiger partial charge in [-0.05, 0) is 96.1 Å². The van der Waals surface area contributed by atoms with Gasteiger partial charge in [0.15, 0.2) is 16.3 Å². The Morgan fingerprint density at radius 1 is 1.00 bits per heavy atom. The number of thiazole rings is 1. The van der Waals surface area contributed by atoms with Gasteiger partial charge in [0.1, 0.15) is 12.4 Å². The van der Waals surface area contributed by atoms with Gasteiger partial charge in [0.25, 0.3) is 5.56 Å². The molecule has 8 nitrogen and oxygen atoms in total. The third-order valence-electron chi connectivity index (χ3n) is 6.57. The Bertz CT molecular complexity index is 1870. The van der Waals surface area contributed by atoms with Gasteiger partial charge in [0.2, 0.25) is 0 Å². The van der Waals surface area contributed by atoms with Crippen LogP contribution in [-0.2, 0) is 16.1 Å². The lowest BCUT2D eigenvalue weighted by Crippen LogP contribution is -2.39. The van der Waals surface area contributed by atoms with E-state index in [9.17, 15) is 9.59 Å². The predicted octanol–water partition coefficient (Wildman–Crippen LogP) is 5.76. The minimum absolute atomic E-state index is 0.233. The Morgan fingerprint density at radius 3 is 2.44 bits per heavy atom. The van der Waals surface area contributed by atoms with Gasteiger partial charge in [-0.1, -0.05) is 45.5 Å². The maximum atomic E-state index is 14.0. The number of carbonyl (C=O) groups excluding carboxylic acids is 1. The summed E-state index contributed by atoms with van der Waals surface area (Å²) >= 11 is 7.04. The van der Waals surface area contributed by atoms with E-state index in [1.807, 2.05) is 62.4 Å². The molecular weight excluding hydrogens is 747 g/mol. The third kappa shape index (κ3) is 6.89. The molecule has 0 saturated carbocycles. The normalized spacial score (nSPS) is 14.4. The molecule has 43 heavy (non-hydrogen) atoms. The molecule has 0 bridgehead atoms. The van der Waals surface area contributed by atoms with Gasteiger partial charge in [0, 0.05) is 19.8 Å². The summed E-state index contributed by atoms with van der Waals surface area (Å²) in [4.78, 5) is 31.9. The van der Waals surface area contributed by atoms with Crippen LogP contribution in [0.3, 0.4) is 0 Å². The number of nitrogens with zero attached hydrogens (tertiary/aromatic N) is 2. The molecule has 5 rings (SSSR count). The number of benzene rings is 3. The van der Waals surface area contributed by atoms with Crippen molar-refractivity contribution in [3.05, 3.63) is 117 Å². The number of hydrogen-bond acceptors (Lipinski definition) is 8. The van der Waals surface area contributed by atoms with Crippen molar-refractivity contribution in [1.29, 1.82) is 0 Å². The molecule has 0 radical (unpaired) electrons. The quantitative estimate of drug-likeness (QED) is 0.151. The monoisotopic (exact) mass is 774 g/mol. The highest BCUT2D eigenvalue weighted by Gasteiger charge is 2.31. The van der Waals surface area contributed by atoms with Crippen LogP contribution in [0.2, 0.25) is 0 Å². The molecule has 0 aliphatic carbocycles. The molecule has 2 heterocycles. The van der Waals surface area contributed by atoms with Crippen molar-refractivity contribution in [2.24, 2.45) is 4.99 Å². The highest BCUT2D eigenvalue weighted by atomic mass is 127. The molecule has 1 aliphatic heterocycles. The molecule has 11 heteroatoms. The Labute approximate surface area is 274 Å². The van der Waals surface area contributed by atoms with Crippen molar-refractivity contribution < 1.29 is 23.7 Å². The lowest BCUT2D eigenvalue weighted by Gasteiger charge is -2.23. The largest absolute Gasteiger partial charge is 0.490 e. The fourth-order valence-electron chi connectivity index (χ4n) is 4.63. The van der Waals surface area contributed by atoms with E-state index in [-0.39, 0.29) is 11.1 Å². The molecule has 0 fully saturated rings. The van der Waals surface area contributed by atoms with Crippen molar-refractivity contribution in [3.8, 4) is 17.2 Å². The minimum atomic E-state index is -0.778. The Balaban J connectivity index is 1.60. The fraction of sp³-hybridized carbons (Fsp3) is 0.219. The van der Waals surface area contributed by atoms with E-state index in [0.717, 1.165) is 19.2 Å². The fourth-order valence-corrected chi connectivity index (χ4v) is 6.33. The maximum Gasteiger partial charge on any atom is 0.337 e. The first-order valence-corrected chi connectivity index (χ1v) is 16.2. The molecule has 0 amide bonds. The molecule has 3 aromatic carbocycles. The first-order valence-electron chi connectivity index (χ1n) is 13.5. The summed E-state index contributed by atoms with van der Waals surface area (Å²) in [6.45, 7) is 5.04. The summed E-state index contributed by atoms with van der Waals surface area (Å²) in [7, 11) is 1.31. The van der Waals surface area contributed by atoms with E-state index < -0.39 is 12.0 Å². The number of rotatable bonds is 10. The first-order chi connectivity index (χ1) is 20.8. The van der Waals surface area contributed by atoms with E-state index in [4.69, 9.17) is 18.9 Å². The first kappa shape index (κ1) is 31.0. The number of ether oxygens (including phenoxy) is 4. The lowest BCUT2D eigenvalue weighted by molar-refractivity contribution is -0.136. The number of methoxy groups -OCH3 is 1. The maximum absolute atomic E-state index is 14.0. The standard InChI is InChI=1S/C32H28BrIN2O6S/c1-4-40-26-12-8-20(15-27(26)41-5-2)29-24(31(38)39-3)17-35-32-36(29)30(37)28(43-32)16-21-14-22(33)9-13-25(21)42-18-19-6-10-23(34)11-7-19/h6-17,29H,4-5,18H2,1-3H3/b28-16-/t29-/m1/s1. The minimum Gasteiger partial charge on any atom is -0.490 e. The summed E-state index contributed by atoms with van der Waals surface area (Å²) < 4.78 is 26.8. The number of carbonyl (C=O) groups is 1. The number of esters is 1. The van der Waals surface area contributed by atoms with Gasteiger partial charge in [0.05, 0.1) is 36.5 Å². The second kappa shape index (κ2) is 13.9. The van der Waals surface area contributed by atoms with Crippen molar-refractivity contribution in [1.82, 2.24) is 4.57 Å². The third-order valence-corrected chi connectivity index (χ3v) is 8.78. The van der Waals surface area contributed by atoms with Crippen molar-refractivity contribution in [2.75, 3.05) is 20.3 Å². The van der Waals surface area contributed by atoms with Gasteiger partial charge in [-0.25, -0.2) is 9.79 Å². The van der Waals surface area contributed by atoms with Crippen LogP contribution in [-0.4, -0.2) is 30.9 Å². The van der Waals surface area contributed by atoms with Crippen LogP contribution in [0.1, 0.15) is 36.6 Å². The van der Waals surface area contributed by atoms with Crippen LogP contribution >= 0.6 is 49.9 Å². The molecule has 1 aromatic heterocycles. The average Bonchev–Trinajstić information content (AvgIpc) is 3.32. The number of aromatic nitrogens is 1. The zero-order chi connectivity index (χ0) is 30.5. The Kier molecular flexibility index (Phi) is 10.0. The molecule has 4 aromatic rings. The second-order valence-corrected chi connectivity index (χ2v) is 12.5. The zero-order valence-corrected chi connectivity index (χ0v) is 28.2. The molecule has 0 spiro atoms. The molecule has 222 valence electrons. The molecule has 0 N–H and O–H groups in total. The average molecular weight is 775 g/mol. The highest BCUT2D eigenvalue weighted by molar-refractivity contribution is 14.1. The molecule has 1 aliphatic rings. The molecular formula is C32H28BrIN2O6S. The molecule has 0 unspecified atom stereocenters. The Hall–Kier alpha value is -3.42. The van der Waals surface area contributed by atoms with Crippen molar-refractivity contribution in [3.63, 3.8) is 0 Å². The van der Waals surface area contributed by atoms with Crippen molar-refractivity contribution >= 4 is 61.9 Å². The van der Waals surface area contributed by atoms with Gasteiger partial charge in [-0.15, -0.1) is 0 Å². The van der Waals surface area contributed by atoms with E-state index in [0.29, 0.717) is 52.0 Å². The SMILES string of the molecule is CCOc1ccc([C@@H]2C(C(=O)OC)=CN=c3s/c(=C\c4cc(Br)ccc4OCc4ccc(I)cc4)c(=O)n32)cc1OCC. The van der Waals surface area contributed by atoms with E-state index >= 15 is 0 Å². The summed E-state index contributed by atoms with van der Waals surface area (Å²) in [6.07, 6.45) is 3.26. The Morgan fingerprint density at radius 2 is 1.72 bits per heavy atom. The summed E-state index contributed by atoms with van der Waals surface area (Å²) in [6, 6.07) is 18.4. The topological polar surface area (TPSA) is 88.4 Å². The summed E-state index contributed by atoms with van der Waals surface area (Å²) in [5.74, 6) is 1.16. The highest BCUT2D eigenvalue weighted by Crippen LogP contribution is 2.35. The van der Waals surface area contributed by atoms with Gasteiger partial charge in [-0.3, -0.25) is 9.36 Å². The second-order valence-electron chi connectivity index (χ2n) is 9.35. The molecule has 1 atom stereocenters. The smallest absolute Gasteiger partial charge is 0.337 e. The van der Waals surface area contributed by atoms with Crippen LogP contribution in [0, 0.1) is 3.57 Å². The van der Waals surface area contributed by atoms with Crippen LogP contribution < -0.4 is 29.1 Å². The van der Waals surface area contributed by atoms with E-state index in [2.05, 4.69) is 43.5 Å². The van der Waals surface area contributed by atoms with E-state index in [1.165, 1.54) is 29.2 Å². The van der Waals surface area contributed by atoms with Gasteiger partial charge >= 0.3 is 5.97 Å². The van der Waals surface area contributed by atoms with Crippen LogP contribution in [0.4, 0.5) is 0 Å². The van der Waals surface area contributed by atoms with Crippen molar-refractivity contribution in [2.45, 2.75) is 26.5 Å². The van der Waals surface area contributed by atoms with E-state index in [1.54, 1.807) is 18.2 Å². The van der Waals surface area contributed by atoms with Gasteiger partial charge < -0.3 is 18.9 Å². The number of hydrogen-bond donors (Lipinski definition) is 0. The zero-order valence-electron chi connectivity index (χ0n) is 23.6. The van der Waals surface area contributed by atoms with Crippen LogP contribution in [0.15, 0.2) is 86.7 Å². The summed E-state index contributed by atoms with van der Waals surface area (Å²) in [5, 5.41) is 0. The number of halogens is 2. The van der Waals surface area contributed by atoms with Gasteiger partial charge in [-0.2, -0.15) is 0 Å². The van der Waals surface area contributed by atoms with Crippen LogP contribution in [0.5, 0.6) is 17.2 Å². The molecule has 0 saturated heterocycles. The number of fused-ring (bicyclic) bond motifs is 1. The van der Waals surface area contributed by atoms with Crippen LogP contribution in [0.25, 0.3) is 6.08 Å². The summed E-state index contributed by atoms with van der Waals surface area (Å²) in [5.41, 5.74) is 2.37. The lowest BCUT2D eigenvalue weighted by atomic mass is 9.97.